The molecule has 0 saturated carbocycles. The molecule has 0 aliphatic heterocycles. The van der Waals surface area contributed by atoms with Crippen LogP contribution >= 0.6 is 0 Å². The molecule has 3 N–H and O–H groups in total. The molecule has 2 aromatic rings. The highest BCUT2D eigenvalue weighted by Crippen LogP contribution is 2.23. The van der Waals surface area contributed by atoms with E-state index in [1.54, 1.807) is 0 Å². The van der Waals surface area contributed by atoms with Crippen LogP contribution in [-0.2, 0) is 17.1 Å². The molecule has 0 spiro atoms. The van der Waals surface area contributed by atoms with Crippen LogP contribution < -0.4 is 16.0 Å². The second-order valence-corrected chi connectivity index (χ2v) is 5.75. The summed E-state index contributed by atoms with van der Waals surface area (Å²) in [7, 11) is -2.70. The summed E-state index contributed by atoms with van der Waals surface area (Å²) in [6.45, 7) is 0. The second-order valence-electron chi connectivity index (χ2n) is 4.13. The minimum Gasteiger partial charge on any atom is -0.398 e. The number of halogens is 1. The predicted octanol–water partition coefficient (Wildman–Crippen LogP) is 0.907. The van der Waals surface area contributed by atoms with Gasteiger partial charge in [0.25, 0.3) is 10.0 Å². The molecule has 0 fully saturated rings. The van der Waals surface area contributed by atoms with Gasteiger partial charge in [-0.1, -0.05) is 6.07 Å². The van der Waals surface area contributed by atoms with Crippen LogP contribution in [0.4, 0.5) is 15.8 Å². The van der Waals surface area contributed by atoms with E-state index in [9.17, 15) is 17.6 Å². The first-order valence-corrected chi connectivity index (χ1v) is 7.03. The summed E-state index contributed by atoms with van der Waals surface area (Å²) in [4.78, 5) is 10.6. The van der Waals surface area contributed by atoms with Crippen LogP contribution in [0.15, 0.2) is 46.2 Å². The summed E-state index contributed by atoms with van der Waals surface area (Å²) >= 11 is 0. The van der Waals surface area contributed by atoms with Gasteiger partial charge in [-0.05, 0) is 18.2 Å². The zero-order valence-corrected chi connectivity index (χ0v) is 11.3. The lowest BCUT2D eigenvalue weighted by molar-refractivity contribution is 0.572. The molecule has 1 aromatic carbocycles. The Hall–Kier alpha value is -2.35. The van der Waals surface area contributed by atoms with Crippen LogP contribution in [0.1, 0.15) is 0 Å². The normalized spacial score (nSPS) is 11.3. The zero-order chi connectivity index (χ0) is 14.9. The predicted molar refractivity (Wildman–Crippen MR) is 73.3 cm³/mol. The molecule has 20 heavy (non-hydrogen) atoms. The summed E-state index contributed by atoms with van der Waals surface area (Å²) < 4.78 is 41.3. The van der Waals surface area contributed by atoms with Gasteiger partial charge >= 0.3 is 0 Å². The van der Waals surface area contributed by atoms with Crippen molar-refractivity contribution in [1.29, 1.82) is 0 Å². The molecule has 0 radical (unpaired) electrons. The van der Waals surface area contributed by atoms with E-state index in [2.05, 4.69) is 4.72 Å². The fourth-order valence-corrected chi connectivity index (χ4v) is 2.91. The van der Waals surface area contributed by atoms with Crippen molar-refractivity contribution in [2.75, 3.05) is 10.5 Å². The highest BCUT2D eigenvalue weighted by Gasteiger charge is 2.22. The average Bonchev–Trinajstić information content (AvgIpc) is 2.33. The SMILES string of the molecule is Cn1cc(NS(=O)(=O)c2c(N)cccc2F)ccc1=O. The highest BCUT2D eigenvalue weighted by molar-refractivity contribution is 7.92. The molecule has 1 heterocycles. The van der Waals surface area contributed by atoms with E-state index in [-0.39, 0.29) is 16.9 Å². The van der Waals surface area contributed by atoms with Crippen molar-refractivity contribution in [2.45, 2.75) is 4.90 Å². The number of pyridine rings is 1. The van der Waals surface area contributed by atoms with Crippen molar-refractivity contribution in [3.8, 4) is 0 Å². The van der Waals surface area contributed by atoms with Gasteiger partial charge < -0.3 is 10.3 Å². The van der Waals surface area contributed by atoms with Gasteiger partial charge in [0.05, 0.1) is 11.4 Å². The number of nitrogens with one attached hydrogen (secondary N) is 1. The maximum atomic E-state index is 13.6. The molecule has 106 valence electrons. The summed E-state index contributed by atoms with van der Waals surface area (Å²) in [6.07, 6.45) is 1.29. The van der Waals surface area contributed by atoms with Gasteiger partial charge in [0.2, 0.25) is 5.56 Å². The molecule has 0 saturated heterocycles. The average molecular weight is 297 g/mol. The summed E-state index contributed by atoms with van der Waals surface area (Å²) in [5, 5.41) is 0. The van der Waals surface area contributed by atoms with Crippen molar-refractivity contribution in [2.24, 2.45) is 7.05 Å². The van der Waals surface area contributed by atoms with E-state index in [4.69, 9.17) is 5.73 Å². The molecule has 8 heteroatoms. The molecule has 0 atom stereocenters. The zero-order valence-electron chi connectivity index (χ0n) is 10.5. The maximum absolute atomic E-state index is 13.6. The van der Waals surface area contributed by atoms with Gasteiger partial charge in [0, 0.05) is 19.3 Å². The fourth-order valence-electron chi connectivity index (χ4n) is 1.67. The Bertz CT molecular complexity index is 795. The van der Waals surface area contributed by atoms with Crippen LogP contribution in [0.5, 0.6) is 0 Å². The standard InChI is InChI=1S/C12H12FN3O3S/c1-16-7-8(5-6-11(16)17)15-20(18,19)12-9(13)3-2-4-10(12)14/h2-7,15H,14H2,1H3. The second kappa shape index (κ2) is 4.97. The van der Waals surface area contributed by atoms with Crippen LogP contribution in [-0.4, -0.2) is 13.0 Å². The van der Waals surface area contributed by atoms with E-state index >= 15 is 0 Å². The third-order valence-corrected chi connectivity index (χ3v) is 4.08. The number of nitrogens with zero attached hydrogens (tertiary/aromatic N) is 1. The first kappa shape index (κ1) is 14.1. The van der Waals surface area contributed by atoms with Crippen LogP contribution in [0.25, 0.3) is 0 Å². The lowest BCUT2D eigenvalue weighted by atomic mass is 10.3. The molecule has 0 unspecified atom stereocenters. The first-order valence-electron chi connectivity index (χ1n) is 5.55. The van der Waals surface area contributed by atoms with Gasteiger partial charge in [-0.2, -0.15) is 0 Å². The molecule has 0 bridgehead atoms. The molecule has 0 aliphatic carbocycles. The largest absolute Gasteiger partial charge is 0.398 e. The Kier molecular flexibility index (Phi) is 3.49. The minimum atomic E-state index is -4.17. The molecule has 1 aromatic heterocycles. The number of aryl methyl sites for hydroxylation is 1. The van der Waals surface area contributed by atoms with Gasteiger partial charge in [0.1, 0.15) is 10.7 Å². The Morgan fingerprint density at radius 3 is 2.55 bits per heavy atom. The van der Waals surface area contributed by atoms with Gasteiger partial charge in [-0.25, -0.2) is 12.8 Å². The Labute approximate surface area is 114 Å². The summed E-state index contributed by atoms with van der Waals surface area (Å²) in [6, 6.07) is 6.10. The topological polar surface area (TPSA) is 94.2 Å². The van der Waals surface area contributed by atoms with E-state index < -0.39 is 20.7 Å². The van der Waals surface area contributed by atoms with Crippen molar-refractivity contribution >= 4 is 21.4 Å². The van der Waals surface area contributed by atoms with Crippen LogP contribution in [0.2, 0.25) is 0 Å². The molecular weight excluding hydrogens is 285 g/mol. The van der Waals surface area contributed by atoms with Crippen molar-refractivity contribution < 1.29 is 12.8 Å². The third kappa shape index (κ3) is 2.64. The lowest BCUT2D eigenvalue weighted by Gasteiger charge is -2.11. The Morgan fingerprint density at radius 2 is 1.95 bits per heavy atom. The number of anilines is 2. The molecule has 6 nitrogen and oxygen atoms in total. The number of hydrogen-bond donors (Lipinski definition) is 2. The van der Waals surface area contributed by atoms with Crippen molar-refractivity contribution in [3.63, 3.8) is 0 Å². The number of rotatable bonds is 3. The number of nitrogen functional groups attached to an aromatic ring is 1. The van der Waals surface area contributed by atoms with E-state index in [0.29, 0.717) is 0 Å². The van der Waals surface area contributed by atoms with Crippen LogP contribution in [0, 0.1) is 5.82 Å². The number of benzene rings is 1. The Morgan fingerprint density at radius 1 is 1.25 bits per heavy atom. The van der Waals surface area contributed by atoms with Gasteiger partial charge in [-0.3, -0.25) is 9.52 Å². The van der Waals surface area contributed by atoms with E-state index in [0.717, 1.165) is 6.07 Å². The quantitative estimate of drug-likeness (QED) is 0.823. The summed E-state index contributed by atoms with van der Waals surface area (Å²) in [5.74, 6) is -0.942. The molecule has 0 aliphatic rings. The number of sulfonamides is 1. The van der Waals surface area contributed by atoms with E-state index in [1.807, 2.05) is 0 Å². The maximum Gasteiger partial charge on any atom is 0.266 e. The van der Waals surface area contributed by atoms with Gasteiger partial charge in [-0.15, -0.1) is 0 Å². The molecule has 2 rings (SSSR count). The number of nitrogens with two attached hydrogens (primary N) is 1. The van der Waals surface area contributed by atoms with E-state index in [1.165, 1.54) is 42.1 Å². The van der Waals surface area contributed by atoms with Crippen molar-refractivity contribution in [1.82, 2.24) is 4.57 Å². The highest BCUT2D eigenvalue weighted by atomic mass is 32.2. The third-order valence-electron chi connectivity index (χ3n) is 2.60. The summed E-state index contributed by atoms with van der Waals surface area (Å²) in [5.41, 5.74) is 5.15. The first-order chi connectivity index (χ1) is 9.31. The number of aromatic nitrogens is 1. The fraction of sp³-hybridized carbons (Fsp3) is 0.0833. The van der Waals surface area contributed by atoms with Crippen LogP contribution in [0.3, 0.4) is 0 Å². The lowest BCUT2D eigenvalue weighted by Crippen LogP contribution is -2.19. The monoisotopic (exact) mass is 297 g/mol. The van der Waals surface area contributed by atoms with Gasteiger partial charge in [0.15, 0.2) is 0 Å². The van der Waals surface area contributed by atoms with Crippen molar-refractivity contribution in [3.05, 3.63) is 52.7 Å². The molecule has 0 amide bonds. The number of hydrogen-bond acceptors (Lipinski definition) is 4. The molecular formula is C12H12FN3O3S. The smallest absolute Gasteiger partial charge is 0.266 e. The Balaban J connectivity index is 2.46. The minimum absolute atomic E-state index is 0.134.